The first-order chi connectivity index (χ1) is 13.3. The van der Waals surface area contributed by atoms with Crippen molar-refractivity contribution in [3.8, 4) is 5.75 Å². The van der Waals surface area contributed by atoms with Gasteiger partial charge in [0.15, 0.2) is 6.61 Å². The van der Waals surface area contributed by atoms with Gasteiger partial charge in [0, 0.05) is 24.3 Å². The fourth-order valence-corrected chi connectivity index (χ4v) is 2.94. The molecule has 2 aromatic carbocycles. The van der Waals surface area contributed by atoms with E-state index in [1.807, 2.05) is 38.1 Å². The van der Waals surface area contributed by atoms with Gasteiger partial charge in [-0.2, -0.15) is 0 Å². The largest absolute Gasteiger partial charge is 0.483 e. The van der Waals surface area contributed by atoms with Crippen molar-refractivity contribution >= 4 is 17.5 Å². The van der Waals surface area contributed by atoms with Crippen LogP contribution in [0, 0.1) is 0 Å². The molecule has 0 saturated heterocycles. The molecule has 2 amide bonds. The van der Waals surface area contributed by atoms with Crippen LogP contribution in [-0.2, 0) is 10.2 Å². The lowest BCUT2D eigenvalue weighted by Crippen LogP contribution is -2.30. The summed E-state index contributed by atoms with van der Waals surface area (Å²) in [6.45, 7) is 11.5. The zero-order chi connectivity index (χ0) is 20.7. The lowest BCUT2D eigenvalue weighted by molar-refractivity contribution is -0.118. The summed E-state index contributed by atoms with van der Waals surface area (Å²) in [6.07, 6.45) is 0. The molecule has 0 heterocycles. The number of amides is 2. The number of rotatable bonds is 7. The minimum Gasteiger partial charge on any atom is -0.483 e. The van der Waals surface area contributed by atoms with Crippen LogP contribution >= 0.6 is 0 Å². The van der Waals surface area contributed by atoms with Crippen molar-refractivity contribution in [1.29, 1.82) is 0 Å². The molecule has 0 fully saturated rings. The predicted molar refractivity (Wildman–Crippen MR) is 113 cm³/mol. The molecule has 150 valence electrons. The highest BCUT2D eigenvalue weighted by Gasteiger charge is 2.19. The van der Waals surface area contributed by atoms with E-state index >= 15 is 0 Å². The Labute approximate surface area is 167 Å². The second-order valence-corrected chi connectivity index (χ2v) is 7.64. The number of benzene rings is 2. The topological polar surface area (TPSA) is 58.6 Å². The first kappa shape index (κ1) is 21.5. The lowest BCUT2D eigenvalue weighted by Gasteiger charge is -2.22. The number of nitrogens with one attached hydrogen (secondary N) is 1. The molecule has 0 spiro atoms. The molecule has 5 heteroatoms. The van der Waals surface area contributed by atoms with Gasteiger partial charge in [-0.05, 0) is 55.2 Å². The smallest absolute Gasteiger partial charge is 0.262 e. The summed E-state index contributed by atoms with van der Waals surface area (Å²) < 4.78 is 5.75. The predicted octanol–water partition coefficient (Wildman–Crippen LogP) is 4.48. The summed E-state index contributed by atoms with van der Waals surface area (Å²) in [4.78, 5) is 26.3. The van der Waals surface area contributed by atoms with Gasteiger partial charge in [0.05, 0.1) is 0 Å². The number of anilines is 1. The second-order valence-electron chi connectivity index (χ2n) is 7.64. The summed E-state index contributed by atoms with van der Waals surface area (Å²) in [5.74, 6) is 0.460. The van der Waals surface area contributed by atoms with Gasteiger partial charge < -0.3 is 15.0 Å². The number of nitrogens with zero attached hydrogens (tertiary/aromatic N) is 1. The fourth-order valence-electron chi connectivity index (χ4n) is 2.94. The Morgan fingerprint density at radius 1 is 0.964 bits per heavy atom. The van der Waals surface area contributed by atoms with E-state index in [0.717, 1.165) is 5.56 Å². The Morgan fingerprint density at radius 3 is 2.14 bits per heavy atom. The third kappa shape index (κ3) is 5.59. The van der Waals surface area contributed by atoms with Gasteiger partial charge in [0.25, 0.3) is 11.8 Å². The molecule has 0 aliphatic carbocycles. The maximum Gasteiger partial charge on any atom is 0.262 e. The molecule has 0 radical (unpaired) electrons. The minimum atomic E-state index is -0.244. The number of ether oxygens (including phenoxy) is 1. The van der Waals surface area contributed by atoms with Gasteiger partial charge in [0.2, 0.25) is 0 Å². The molecule has 0 unspecified atom stereocenters. The molecule has 2 rings (SSSR count). The van der Waals surface area contributed by atoms with Crippen LogP contribution in [0.5, 0.6) is 5.75 Å². The Kier molecular flexibility index (Phi) is 7.21. The quantitative estimate of drug-likeness (QED) is 0.768. The Bertz CT molecular complexity index is 803. The summed E-state index contributed by atoms with van der Waals surface area (Å²) in [6, 6.07) is 14.7. The summed E-state index contributed by atoms with van der Waals surface area (Å²) >= 11 is 0. The van der Waals surface area contributed by atoms with E-state index in [4.69, 9.17) is 4.74 Å². The Morgan fingerprint density at radius 2 is 1.57 bits per heavy atom. The number of carbonyl (C=O) groups is 2. The lowest BCUT2D eigenvalue weighted by atomic mass is 9.86. The van der Waals surface area contributed by atoms with Crippen LogP contribution in [0.15, 0.2) is 48.5 Å². The van der Waals surface area contributed by atoms with Gasteiger partial charge in [-0.15, -0.1) is 0 Å². The Balaban J connectivity index is 1.97. The summed E-state index contributed by atoms with van der Waals surface area (Å²) in [7, 11) is 0. The average molecular weight is 383 g/mol. The molecule has 0 aromatic heterocycles. The average Bonchev–Trinajstić information content (AvgIpc) is 2.67. The number of carbonyl (C=O) groups excluding carboxylic acids is 2. The number of hydrogen-bond donors (Lipinski definition) is 1. The van der Waals surface area contributed by atoms with Crippen LogP contribution in [0.1, 0.15) is 50.5 Å². The van der Waals surface area contributed by atoms with E-state index in [2.05, 4.69) is 26.1 Å². The zero-order valence-electron chi connectivity index (χ0n) is 17.4. The monoisotopic (exact) mass is 382 g/mol. The SMILES string of the molecule is CCN(CC)C(=O)c1ccc(NC(=O)COc2ccccc2C(C)(C)C)cc1. The molecule has 0 aliphatic rings. The third-order valence-corrected chi connectivity index (χ3v) is 4.52. The molecular formula is C23H30N2O3. The first-order valence-corrected chi connectivity index (χ1v) is 9.67. The van der Waals surface area contributed by atoms with Gasteiger partial charge in [-0.3, -0.25) is 9.59 Å². The van der Waals surface area contributed by atoms with Gasteiger partial charge in [-0.25, -0.2) is 0 Å². The summed E-state index contributed by atoms with van der Waals surface area (Å²) in [5, 5.41) is 2.80. The highest BCUT2D eigenvalue weighted by atomic mass is 16.5. The van der Waals surface area contributed by atoms with E-state index in [-0.39, 0.29) is 23.8 Å². The maximum absolute atomic E-state index is 12.3. The van der Waals surface area contributed by atoms with Gasteiger partial charge >= 0.3 is 0 Å². The highest BCUT2D eigenvalue weighted by molar-refractivity contribution is 5.96. The van der Waals surface area contributed by atoms with Crippen molar-refractivity contribution in [2.45, 2.75) is 40.0 Å². The Hall–Kier alpha value is -2.82. The molecular weight excluding hydrogens is 352 g/mol. The number of hydrogen-bond acceptors (Lipinski definition) is 3. The highest BCUT2D eigenvalue weighted by Crippen LogP contribution is 2.30. The van der Waals surface area contributed by atoms with Crippen molar-refractivity contribution in [3.05, 3.63) is 59.7 Å². The van der Waals surface area contributed by atoms with E-state index in [1.165, 1.54) is 0 Å². The third-order valence-electron chi connectivity index (χ3n) is 4.52. The van der Waals surface area contributed by atoms with Gasteiger partial charge in [0.1, 0.15) is 5.75 Å². The van der Waals surface area contributed by atoms with Crippen LogP contribution in [0.2, 0.25) is 0 Å². The van der Waals surface area contributed by atoms with Crippen molar-refractivity contribution < 1.29 is 14.3 Å². The molecule has 0 atom stereocenters. The molecule has 0 bridgehead atoms. The van der Waals surface area contributed by atoms with Crippen LogP contribution < -0.4 is 10.1 Å². The van der Waals surface area contributed by atoms with Crippen LogP contribution in [0.25, 0.3) is 0 Å². The molecule has 28 heavy (non-hydrogen) atoms. The van der Waals surface area contributed by atoms with Crippen molar-refractivity contribution in [2.24, 2.45) is 0 Å². The maximum atomic E-state index is 12.3. The minimum absolute atomic E-state index is 0.00926. The van der Waals surface area contributed by atoms with Crippen molar-refractivity contribution in [1.82, 2.24) is 4.90 Å². The molecule has 2 aromatic rings. The van der Waals surface area contributed by atoms with E-state index in [0.29, 0.717) is 30.1 Å². The van der Waals surface area contributed by atoms with Crippen molar-refractivity contribution in [2.75, 3.05) is 25.0 Å². The zero-order valence-corrected chi connectivity index (χ0v) is 17.4. The molecule has 1 N–H and O–H groups in total. The van der Waals surface area contributed by atoms with Crippen LogP contribution in [-0.4, -0.2) is 36.4 Å². The van der Waals surface area contributed by atoms with Crippen LogP contribution in [0.4, 0.5) is 5.69 Å². The summed E-state index contributed by atoms with van der Waals surface area (Å²) in [5.41, 5.74) is 2.23. The normalized spacial score (nSPS) is 11.0. The second kappa shape index (κ2) is 9.40. The molecule has 5 nitrogen and oxygen atoms in total. The van der Waals surface area contributed by atoms with Crippen LogP contribution in [0.3, 0.4) is 0 Å². The van der Waals surface area contributed by atoms with E-state index in [1.54, 1.807) is 29.2 Å². The molecule has 0 aliphatic heterocycles. The van der Waals surface area contributed by atoms with E-state index < -0.39 is 0 Å². The first-order valence-electron chi connectivity index (χ1n) is 9.67. The fraction of sp³-hybridized carbons (Fsp3) is 0.391. The van der Waals surface area contributed by atoms with Gasteiger partial charge in [-0.1, -0.05) is 39.0 Å². The number of para-hydroxylation sites is 1. The molecule has 0 saturated carbocycles. The van der Waals surface area contributed by atoms with E-state index in [9.17, 15) is 9.59 Å². The standard InChI is InChI=1S/C23H30N2O3/c1-6-25(7-2)22(27)17-12-14-18(15-13-17)24-21(26)16-28-20-11-9-8-10-19(20)23(3,4)5/h8-15H,6-7,16H2,1-5H3,(H,24,26). The van der Waals surface area contributed by atoms with Crippen molar-refractivity contribution in [3.63, 3.8) is 0 Å².